The summed E-state index contributed by atoms with van der Waals surface area (Å²) in [6, 6.07) is 7.80. The van der Waals surface area contributed by atoms with Crippen LogP contribution in [0.25, 0.3) is 5.69 Å². The van der Waals surface area contributed by atoms with Crippen LogP contribution in [0.2, 0.25) is 0 Å². The molecule has 0 radical (unpaired) electrons. The van der Waals surface area contributed by atoms with E-state index in [-0.39, 0.29) is 0 Å². The minimum Gasteiger partial charge on any atom is -0.493 e. The first kappa shape index (κ1) is 11.1. The number of methoxy groups -OCH3 is 2. The molecule has 0 saturated heterocycles. The molecule has 0 atom stereocenters. The predicted molar refractivity (Wildman–Crippen MR) is 66.6 cm³/mol. The average molecular weight is 282 g/mol. The molecule has 1 heterocycles. The largest absolute Gasteiger partial charge is 0.493 e. The summed E-state index contributed by atoms with van der Waals surface area (Å²) in [5.41, 5.74) is 0.943. The Bertz CT molecular complexity index is 480. The molecule has 1 aromatic heterocycles. The van der Waals surface area contributed by atoms with Crippen molar-refractivity contribution >= 4 is 15.9 Å². The summed E-state index contributed by atoms with van der Waals surface area (Å²) in [7, 11) is 3.27. The van der Waals surface area contributed by atoms with Crippen molar-refractivity contribution in [2.24, 2.45) is 0 Å². The third-order valence-corrected chi connectivity index (χ3v) is 2.76. The topological polar surface area (TPSA) is 23.4 Å². The van der Waals surface area contributed by atoms with E-state index in [0.29, 0.717) is 5.75 Å². The molecular weight excluding hydrogens is 270 g/mol. The van der Waals surface area contributed by atoms with Crippen molar-refractivity contribution < 1.29 is 9.47 Å². The first-order valence-corrected chi connectivity index (χ1v) is 5.60. The van der Waals surface area contributed by atoms with Crippen molar-refractivity contribution in [3.8, 4) is 17.2 Å². The maximum Gasteiger partial charge on any atom is 0.184 e. The van der Waals surface area contributed by atoms with Gasteiger partial charge in [0.15, 0.2) is 11.5 Å². The lowest BCUT2D eigenvalue weighted by Crippen LogP contribution is -1.98. The third kappa shape index (κ3) is 1.93. The van der Waals surface area contributed by atoms with Gasteiger partial charge < -0.3 is 14.0 Å². The summed E-state index contributed by atoms with van der Waals surface area (Å²) >= 11 is 3.45. The summed E-state index contributed by atoms with van der Waals surface area (Å²) in [5, 5.41) is 0. The van der Waals surface area contributed by atoms with Crippen LogP contribution in [0, 0.1) is 0 Å². The normalized spacial score (nSPS) is 10.2. The first-order chi connectivity index (χ1) is 7.76. The zero-order chi connectivity index (χ0) is 11.5. The molecule has 0 saturated carbocycles. The maximum atomic E-state index is 5.38. The number of hydrogen-bond donors (Lipinski definition) is 0. The Morgan fingerprint density at radius 1 is 1.06 bits per heavy atom. The first-order valence-electron chi connectivity index (χ1n) is 4.81. The fraction of sp³-hybridized carbons (Fsp3) is 0.167. The molecule has 0 spiro atoms. The summed E-state index contributed by atoms with van der Waals surface area (Å²) in [6.45, 7) is 0. The van der Waals surface area contributed by atoms with Gasteiger partial charge >= 0.3 is 0 Å². The highest BCUT2D eigenvalue weighted by Gasteiger charge is 2.12. The lowest BCUT2D eigenvalue weighted by molar-refractivity contribution is 0.353. The highest BCUT2D eigenvalue weighted by atomic mass is 79.9. The van der Waals surface area contributed by atoms with E-state index < -0.39 is 0 Å². The van der Waals surface area contributed by atoms with Crippen molar-refractivity contribution in [1.29, 1.82) is 0 Å². The highest BCUT2D eigenvalue weighted by molar-refractivity contribution is 9.10. The number of hydrogen-bond acceptors (Lipinski definition) is 2. The van der Waals surface area contributed by atoms with E-state index in [2.05, 4.69) is 15.9 Å². The fourth-order valence-electron chi connectivity index (χ4n) is 1.60. The number of ether oxygens (including phenoxy) is 2. The van der Waals surface area contributed by atoms with Crippen molar-refractivity contribution in [1.82, 2.24) is 4.57 Å². The lowest BCUT2D eigenvalue weighted by atomic mass is 10.2. The molecule has 2 aromatic rings. The van der Waals surface area contributed by atoms with Crippen LogP contribution in [0.3, 0.4) is 0 Å². The van der Waals surface area contributed by atoms with Crippen LogP contribution >= 0.6 is 15.9 Å². The van der Waals surface area contributed by atoms with Crippen LogP contribution in [0.1, 0.15) is 0 Å². The molecule has 0 N–H and O–H groups in total. The van der Waals surface area contributed by atoms with E-state index >= 15 is 0 Å². The molecule has 0 aliphatic heterocycles. The number of aromatic nitrogens is 1. The van der Waals surface area contributed by atoms with Crippen molar-refractivity contribution in [2.45, 2.75) is 0 Å². The molecule has 1 aromatic carbocycles. The predicted octanol–water partition coefficient (Wildman–Crippen LogP) is 3.26. The Kier molecular flexibility index (Phi) is 3.19. The number of benzene rings is 1. The molecule has 0 aliphatic rings. The van der Waals surface area contributed by atoms with Gasteiger partial charge in [0.1, 0.15) is 0 Å². The molecule has 0 aliphatic carbocycles. The highest BCUT2D eigenvalue weighted by Crippen LogP contribution is 2.36. The maximum absolute atomic E-state index is 5.38. The van der Waals surface area contributed by atoms with Crippen LogP contribution in [0.15, 0.2) is 41.1 Å². The van der Waals surface area contributed by atoms with Gasteiger partial charge in [0.25, 0.3) is 0 Å². The third-order valence-electron chi connectivity index (χ3n) is 2.31. The molecule has 4 heteroatoms. The Hall–Kier alpha value is -1.42. The summed E-state index contributed by atoms with van der Waals surface area (Å²) in [6.07, 6.45) is 3.92. The number of halogens is 1. The average Bonchev–Trinajstić information content (AvgIpc) is 2.81. The number of nitrogens with zero attached hydrogens (tertiary/aromatic N) is 1. The van der Waals surface area contributed by atoms with E-state index in [1.165, 1.54) is 0 Å². The molecule has 0 fully saturated rings. The van der Waals surface area contributed by atoms with Gasteiger partial charge in [0.2, 0.25) is 0 Å². The van der Waals surface area contributed by atoms with Crippen LogP contribution in [0.5, 0.6) is 11.5 Å². The van der Waals surface area contributed by atoms with Gasteiger partial charge in [-0.1, -0.05) is 15.9 Å². The molecular formula is C12H12BrNO2. The molecule has 2 rings (SSSR count). The summed E-state index contributed by atoms with van der Waals surface area (Å²) < 4.78 is 13.6. The van der Waals surface area contributed by atoms with Gasteiger partial charge in [-0.15, -0.1) is 0 Å². The van der Waals surface area contributed by atoms with Gasteiger partial charge in [-0.05, 0) is 24.3 Å². The van der Waals surface area contributed by atoms with Crippen LogP contribution < -0.4 is 9.47 Å². The Balaban J connectivity index is 2.63. The van der Waals surface area contributed by atoms with Crippen LogP contribution in [-0.4, -0.2) is 18.8 Å². The summed E-state index contributed by atoms with van der Waals surface area (Å²) in [4.78, 5) is 0. The van der Waals surface area contributed by atoms with Crippen molar-refractivity contribution in [2.75, 3.05) is 14.2 Å². The molecule has 0 unspecified atom stereocenters. The van der Waals surface area contributed by atoms with E-state index in [9.17, 15) is 0 Å². The van der Waals surface area contributed by atoms with Crippen molar-refractivity contribution in [3.63, 3.8) is 0 Å². The van der Waals surface area contributed by atoms with Crippen LogP contribution in [0.4, 0.5) is 0 Å². The van der Waals surface area contributed by atoms with Gasteiger partial charge in [0, 0.05) is 16.9 Å². The second kappa shape index (κ2) is 4.61. The Morgan fingerprint density at radius 3 is 2.31 bits per heavy atom. The minimum atomic E-state index is 0.709. The molecule has 84 valence electrons. The van der Waals surface area contributed by atoms with Crippen molar-refractivity contribution in [3.05, 3.63) is 41.1 Å². The fourth-order valence-corrected chi connectivity index (χ4v) is 2.02. The molecule has 3 nitrogen and oxygen atoms in total. The van der Waals surface area contributed by atoms with Gasteiger partial charge in [-0.3, -0.25) is 0 Å². The monoisotopic (exact) mass is 281 g/mol. The second-order valence-electron chi connectivity index (χ2n) is 3.25. The minimum absolute atomic E-state index is 0.709. The van der Waals surface area contributed by atoms with Crippen LogP contribution in [-0.2, 0) is 0 Å². The number of rotatable bonds is 3. The molecule has 0 amide bonds. The van der Waals surface area contributed by atoms with Gasteiger partial charge in [-0.2, -0.15) is 0 Å². The van der Waals surface area contributed by atoms with E-state index in [0.717, 1.165) is 15.9 Å². The zero-order valence-corrected chi connectivity index (χ0v) is 10.7. The summed E-state index contributed by atoms with van der Waals surface area (Å²) in [5.74, 6) is 1.43. The standard InChI is InChI=1S/C12H12BrNO2/c1-15-11-8-9(13)7-10(12(11)16-2)14-5-3-4-6-14/h3-8H,1-2H3. The molecule has 16 heavy (non-hydrogen) atoms. The van der Waals surface area contributed by atoms with Gasteiger partial charge in [0.05, 0.1) is 19.9 Å². The van der Waals surface area contributed by atoms with E-state index in [1.54, 1.807) is 14.2 Å². The Morgan fingerprint density at radius 2 is 1.75 bits per heavy atom. The SMILES string of the molecule is COc1cc(Br)cc(-n2cccc2)c1OC. The molecule has 0 bridgehead atoms. The Labute approximate surface area is 103 Å². The van der Waals surface area contributed by atoms with Gasteiger partial charge in [-0.25, -0.2) is 0 Å². The van der Waals surface area contributed by atoms with E-state index in [1.807, 2.05) is 41.2 Å². The zero-order valence-electron chi connectivity index (χ0n) is 9.11. The second-order valence-corrected chi connectivity index (χ2v) is 4.17. The quantitative estimate of drug-likeness (QED) is 0.862. The lowest BCUT2D eigenvalue weighted by Gasteiger charge is -2.14. The smallest absolute Gasteiger partial charge is 0.184 e. The van der Waals surface area contributed by atoms with E-state index in [4.69, 9.17) is 9.47 Å².